The molecule has 0 aliphatic carbocycles. The van der Waals surface area contributed by atoms with Crippen molar-refractivity contribution >= 4 is 17.9 Å². The Morgan fingerprint density at radius 2 is 1.58 bits per heavy atom. The summed E-state index contributed by atoms with van der Waals surface area (Å²) in [5, 5.41) is 3.44. The number of hydrazone groups is 1. The molecule has 2 aromatic rings. The first-order valence-electron chi connectivity index (χ1n) is 6.93. The van der Waals surface area contributed by atoms with Gasteiger partial charge in [0, 0.05) is 6.92 Å². The van der Waals surface area contributed by atoms with E-state index in [4.69, 9.17) is 9.47 Å². The zero-order valence-electron chi connectivity index (χ0n) is 13.4. The van der Waals surface area contributed by atoms with Crippen LogP contribution in [0.4, 0.5) is 27.6 Å². The molecular formula is C16H11F5N2O3. The molecule has 138 valence electrons. The minimum Gasteiger partial charge on any atom is -0.493 e. The number of ether oxygens (including phenoxy) is 2. The Hall–Kier alpha value is -3.17. The lowest BCUT2D eigenvalue weighted by Gasteiger charge is -2.09. The first kappa shape index (κ1) is 19.2. The van der Waals surface area contributed by atoms with Crippen LogP contribution in [-0.2, 0) is 4.79 Å². The first-order chi connectivity index (χ1) is 12.3. The summed E-state index contributed by atoms with van der Waals surface area (Å²) in [4.78, 5) is 11.0. The van der Waals surface area contributed by atoms with Gasteiger partial charge in [0.1, 0.15) is 5.69 Å². The predicted octanol–water partition coefficient (Wildman–Crippen LogP) is 3.76. The molecule has 0 unspecified atom stereocenters. The number of hydrogen-bond donors (Lipinski definition) is 1. The quantitative estimate of drug-likeness (QED) is 0.165. The standard InChI is InChI=1S/C16H11F5N2O3/c1-7(24)26-9-4-3-8(5-10(9)25-2)6-22-23-16-14(20)12(18)11(17)13(19)15(16)21/h3-6,23H,1-2H3/b22-6+. The molecule has 2 rings (SSSR count). The van der Waals surface area contributed by atoms with Crippen LogP contribution in [0.2, 0.25) is 0 Å². The van der Waals surface area contributed by atoms with Gasteiger partial charge >= 0.3 is 5.97 Å². The van der Waals surface area contributed by atoms with Gasteiger partial charge in [-0.25, -0.2) is 22.0 Å². The van der Waals surface area contributed by atoms with E-state index >= 15 is 0 Å². The number of esters is 1. The van der Waals surface area contributed by atoms with Gasteiger partial charge in [-0.1, -0.05) is 0 Å². The molecule has 0 bridgehead atoms. The van der Waals surface area contributed by atoms with Crippen LogP contribution in [-0.4, -0.2) is 19.3 Å². The number of nitrogens with one attached hydrogen (secondary N) is 1. The van der Waals surface area contributed by atoms with E-state index in [1.54, 1.807) is 5.43 Å². The number of rotatable bonds is 5. The summed E-state index contributed by atoms with van der Waals surface area (Å²) in [6.45, 7) is 1.20. The van der Waals surface area contributed by atoms with E-state index in [0.29, 0.717) is 5.56 Å². The van der Waals surface area contributed by atoms with Crippen LogP contribution < -0.4 is 14.9 Å². The molecule has 0 saturated heterocycles. The Morgan fingerprint density at radius 1 is 1.00 bits per heavy atom. The highest BCUT2D eigenvalue weighted by Gasteiger charge is 2.25. The summed E-state index contributed by atoms with van der Waals surface area (Å²) in [7, 11) is 1.32. The molecule has 0 saturated carbocycles. The molecular weight excluding hydrogens is 363 g/mol. The number of carbonyl (C=O) groups excluding carboxylic acids is 1. The maximum atomic E-state index is 13.5. The number of hydrogen-bond acceptors (Lipinski definition) is 5. The van der Waals surface area contributed by atoms with Gasteiger partial charge in [-0.2, -0.15) is 5.10 Å². The third-order valence-electron chi connectivity index (χ3n) is 3.04. The van der Waals surface area contributed by atoms with E-state index in [2.05, 4.69) is 5.10 Å². The number of carbonyl (C=O) groups is 1. The second-order valence-corrected chi connectivity index (χ2v) is 4.82. The van der Waals surface area contributed by atoms with Gasteiger partial charge in [-0.15, -0.1) is 0 Å². The first-order valence-corrected chi connectivity index (χ1v) is 6.93. The Kier molecular flexibility index (Phi) is 5.75. The summed E-state index contributed by atoms with van der Waals surface area (Å²) in [5.41, 5.74) is 0.807. The van der Waals surface area contributed by atoms with Gasteiger partial charge in [0.05, 0.1) is 13.3 Å². The number of halogens is 5. The molecule has 0 spiro atoms. The van der Waals surface area contributed by atoms with Crippen molar-refractivity contribution in [2.75, 3.05) is 12.5 Å². The van der Waals surface area contributed by atoms with Crippen molar-refractivity contribution in [3.05, 3.63) is 52.8 Å². The monoisotopic (exact) mass is 374 g/mol. The third-order valence-corrected chi connectivity index (χ3v) is 3.04. The van der Waals surface area contributed by atoms with Crippen molar-refractivity contribution in [1.82, 2.24) is 0 Å². The van der Waals surface area contributed by atoms with Crippen LogP contribution in [0.3, 0.4) is 0 Å². The summed E-state index contributed by atoms with van der Waals surface area (Å²) < 4.78 is 76.0. The maximum absolute atomic E-state index is 13.5. The van der Waals surface area contributed by atoms with E-state index < -0.39 is 40.7 Å². The number of nitrogens with zero attached hydrogens (tertiary/aromatic N) is 1. The maximum Gasteiger partial charge on any atom is 0.308 e. The highest BCUT2D eigenvalue weighted by Crippen LogP contribution is 2.28. The molecule has 1 N–H and O–H groups in total. The Balaban J connectivity index is 2.26. The zero-order chi connectivity index (χ0) is 19.4. The van der Waals surface area contributed by atoms with Gasteiger partial charge in [0.2, 0.25) is 5.82 Å². The van der Waals surface area contributed by atoms with Crippen LogP contribution in [0.5, 0.6) is 11.5 Å². The van der Waals surface area contributed by atoms with Crippen molar-refractivity contribution in [3.63, 3.8) is 0 Å². The molecule has 10 heteroatoms. The molecule has 0 amide bonds. The number of methoxy groups -OCH3 is 1. The zero-order valence-corrected chi connectivity index (χ0v) is 13.4. The fourth-order valence-corrected chi connectivity index (χ4v) is 1.88. The van der Waals surface area contributed by atoms with Gasteiger partial charge in [-0.05, 0) is 23.8 Å². The lowest BCUT2D eigenvalue weighted by molar-refractivity contribution is -0.132. The molecule has 0 aliphatic rings. The SMILES string of the molecule is COc1cc(/C=N/Nc2c(F)c(F)c(F)c(F)c2F)ccc1OC(C)=O. The molecule has 0 radical (unpaired) electrons. The van der Waals surface area contributed by atoms with Gasteiger partial charge in [-0.3, -0.25) is 10.2 Å². The second-order valence-electron chi connectivity index (χ2n) is 4.82. The summed E-state index contributed by atoms with van der Waals surface area (Å²) in [6, 6.07) is 4.17. The summed E-state index contributed by atoms with van der Waals surface area (Å²) in [5.74, 6) is -10.8. The van der Waals surface area contributed by atoms with Gasteiger partial charge in [0.25, 0.3) is 0 Å². The predicted molar refractivity (Wildman–Crippen MR) is 81.8 cm³/mol. The Morgan fingerprint density at radius 3 is 2.12 bits per heavy atom. The van der Waals surface area contributed by atoms with E-state index in [0.717, 1.165) is 6.21 Å². The lowest BCUT2D eigenvalue weighted by atomic mass is 10.2. The fourth-order valence-electron chi connectivity index (χ4n) is 1.88. The number of benzene rings is 2. The topological polar surface area (TPSA) is 59.9 Å². The summed E-state index contributed by atoms with van der Waals surface area (Å²) >= 11 is 0. The van der Waals surface area contributed by atoms with E-state index in [9.17, 15) is 26.7 Å². The van der Waals surface area contributed by atoms with Crippen LogP contribution in [0.1, 0.15) is 12.5 Å². The minimum atomic E-state index is -2.26. The Bertz CT molecular complexity index is 858. The van der Waals surface area contributed by atoms with Crippen molar-refractivity contribution in [1.29, 1.82) is 0 Å². The van der Waals surface area contributed by atoms with Gasteiger partial charge in [0.15, 0.2) is 34.8 Å². The van der Waals surface area contributed by atoms with Crippen LogP contribution in [0, 0.1) is 29.1 Å². The molecule has 0 atom stereocenters. The fraction of sp³-hybridized carbons (Fsp3) is 0.125. The van der Waals surface area contributed by atoms with E-state index in [1.165, 1.54) is 32.2 Å². The normalized spacial score (nSPS) is 10.9. The molecule has 2 aromatic carbocycles. The highest BCUT2D eigenvalue weighted by molar-refractivity contribution is 5.82. The van der Waals surface area contributed by atoms with Crippen molar-refractivity contribution in [2.24, 2.45) is 5.10 Å². The van der Waals surface area contributed by atoms with Crippen LogP contribution in [0.25, 0.3) is 0 Å². The van der Waals surface area contributed by atoms with E-state index in [-0.39, 0.29) is 11.5 Å². The molecule has 0 aliphatic heterocycles. The minimum absolute atomic E-state index is 0.130. The third kappa shape index (κ3) is 3.90. The molecule has 0 aromatic heterocycles. The average Bonchev–Trinajstić information content (AvgIpc) is 2.61. The molecule has 0 heterocycles. The van der Waals surface area contributed by atoms with E-state index in [1.807, 2.05) is 0 Å². The Labute approximate surface area is 144 Å². The second kappa shape index (κ2) is 7.81. The molecule has 5 nitrogen and oxygen atoms in total. The summed E-state index contributed by atoms with van der Waals surface area (Å²) in [6.07, 6.45) is 1.04. The average molecular weight is 374 g/mol. The highest BCUT2D eigenvalue weighted by atomic mass is 19.2. The number of anilines is 1. The van der Waals surface area contributed by atoms with Crippen molar-refractivity contribution in [3.8, 4) is 11.5 Å². The lowest BCUT2D eigenvalue weighted by Crippen LogP contribution is -2.06. The molecule has 0 fully saturated rings. The molecule has 26 heavy (non-hydrogen) atoms. The van der Waals surface area contributed by atoms with Gasteiger partial charge < -0.3 is 9.47 Å². The largest absolute Gasteiger partial charge is 0.493 e. The van der Waals surface area contributed by atoms with Crippen LogP contribution >= 0.6 is 0 Å². The van der Waals surface area contributed by atoms with Crippen molar-refractivity contribution < 1.29 is 36.2 Å². The van der Waals surface area contributed by atoms with Crippen LogP contribution in [0.15, 0.2) is 23.3 Å². The van der Waals surface area contributed by atoms with Crippen molar-refractivity contribution in [2.45, 2.75) is 6.92 Å². The smallest absolute Gasteiger partial charge is 0.308 e.